The van der Waals surface area contributed by atoms with E-state index >= 15 is 0 Å². The SMILES string of the molecule is CCCC1(CCC)NC(=O)N(CC(O)COc2ccc(C)cc2)C1=O. The summed E-state index contributed by atoms with van der Waals surface area (Å²) in [4.78, 5) is 26.1. The van der Waals surface area contributed by atoms with Crippen LogP contribution in [0.4, 0.5) is 4.79 Å². The molecule has 138 valence electrons. The average molecular weight is 348 g/mol. The van der Waals surface area contributed by atoms with Gasteiger partial charge in [-0.1, -0.05) is 44.4 Å². The number of β-amino-alcohol motifs (C(OH)–C–C–N with tert-alkyl or cyclic N) is 1. The molecule has 0 radical (unpaired) electrons. The molecule has 6 nitrogen and oxygen atoms in total. The molecule has 1 aliphatic heterocycles. The number of hydrogen-bond acceptors (Lipinski definition) is 4. The largest absolute Gasteiger partial charge is 0.491 e. The Morgan fingerprint density at radius 2 is 1.76 bits per heavy atom. The van der Waals surface area contributed by atoms with Gasteiger partial charge in [0.2, 0.25) is 0 Å². The van der Waals surface area contributed by atoms with E-state index in [1.807, 2.05) is 45.0 Å². The maximum atomic E-state index is 12.8. The van der Waals surface area contributed by atoms with Gasteiger partial charge in [0.1, 0.15) is 24.0 Å². The number of nitrogens with zero attached hydrogens (tertiary/aromatic N) is 1. The summed E-state index contributed by atoms with van der Waals surface area (Å²) >= 11 is 0. The molecule has 1 unspecified atom stereocenters. The Morgan fingerprint density at radius 3 is 2.32 bits per heavy atom. The van der Waals surface area contributed by atoms with Crippen molar-refractivity contribution in [2.24, 2.45) is 0 Å². The fourth-order valence-corrected chi connectivity index (χ4v) is 3.25. The number of aliphatic hydroxyl groups excluding tert-OH is 1. The fourth-order valence-electron chi connectivity index (χ4n) is 3.25. The van der Waals surface area contributed by atoms with E-state index in [0.717, 1.165) is 23.3 Å². The number of ether oxygens (including phenoxy) is 1. The number of carbonyl (C=O) groups excluding carboxylic acids is 2. The average Bonchev–Trinajstić information content (AvgIpc) is 2.79. The summed E-state index contributed by atoms with van der Waals surface area (Å²) in [6.45, 7) is 5.92. The zero-order valence-corrected chi connectivity index (χ0v) is 15.2. The minimum absolute atomic E-state index is 0.0225. The Kier molecular flexibility index (Phi) is 6.42. The highest BCUT2D eigenvalue weighted by Gasteiger charge is 2.50. The molecule has 0 aromatic heterocycles. The summed E-state index contributed by atoms with van der Waals surface area (Å²) in [5, 5.41) is 13.0. The monoisotopic (exact) mass is 348 g/mol. The first-order valence-electron chi connectivity index (χ1n) is 8.93. The molecular weight excluding hydrogens is 320 g/mol. The van der Waals surface area contributed by atoms with Gasteiger partial charge < -0.3 is 15.2 Å². The molecule has 2 rings (SSSR count). The lowest BCUT2D eigenvalue weighted by Gasteiger charge is -2.26. The van der Waals surface area contributed by atoms with E-state index in [0.29, 0.717) is 18.6 Å². The minimum atomic E-state index is -0.935. The number of aliphatic hydroxyl groups is 1. The summed E-state index contributed by atoms with van der Waals surface area (Å²) in [6, 6.07) is 7.06. The highest BCUT2D eigenvalue weighted by atomic mass is 16.5. The Hall–Kier alpha value is -2.08. The van der Waals surface area contributed by atoms with Crippen molar-refractivity contribution in [3.05, 3.63) is 29.8 Å². The van der Waals surface area contributed by atoms with E-state index in [2.05, 4.69) is 5.32 Å². The topological polar surface area (TPSA) is 78.9 Å². The molecule has 1 saturated heterocycles. The summed E-state index contributed by atoms with van der Waals surface area (Å²) in [5.41, 5.74) is 0.299. The predicted octanol–water partition coefficient (Wildman–Crippen LogP) is 2.63. The van der Waals surface area contributed by atoms with Gasteiger partial charge in [-0.15, -0.1) is 0 Å². The molecule has 3 amide bonds. The number of hydrogen-bond donors (Lipinski definition) is 2. The lowest BCUT2D eigenvalue weighted by Crippen LogP contribution is -2.47. The Bertz CT molecular complexity index is 594. The van der Waals surface area contributed by atoms with Crippen molar-refractivity contribution in [1.29, 1.82) is 0 Å². The first-order chi connectivity index (χ1) is 11.9. The quantitative estimate of drug-likeness (QED) is 0.673. The molecule has 0 spiro atoms. The van der Waals surface area contributed by atoms with Crippen LogP contribution in [0.5, 0.6) is 5.75 Å². The third-order valence-electron chi connectivity index (χ3n) is 4.46. The van der Waals surface area contributed by atoms with Gasteiger partial charge in [0.25, 0.3) is 5.91 Å². The Balaban J connectivity index is 1.95. The molecule has 1 atom stereocenters. The van der Waals surface area contributed by atoms with Crippen LogP contribution < -0.4 is 10.1 Å². The van der Waals surface area contributed by atoms with Crippen molar-refractivity contribution in [2.75, 3.05) is 13.2 Å². The molecule has 1 heterocycles. The molecule has 1 aliphatic rings. The van der Waals surface area contributed by atoms with Crippen LogP contribution in [0.3, 0.4) is 0 Å². The van der Waals surface area contributed by atoms with E-state index in [9.17, 15) is 14.7 Å². The minimum Gasteiger partial charge on any atom is -0.491 e. The van der Waals surface area contributed by atoms with Gasteiger partial charge in [-0.2, -0.15) is 0 Å². The molecule has 0 aliphatic carbocycles. The summed E-state index contributed by atoms with van der Waals surface area (Å²) in [5.74, 6) is 0.406. The molecule has 2 N–H and O–H groups in total. The third kappa shape index (κ3) is 4.51. The molecule has 1 aromatic carbocycles. The Labute approximate surface area is 149 Å². The number of amides is 3. The van der Waals surface area contributed by atoms with Gasteiger partial charge in [0.05, 0.1) is 6.54 Å². The van der Waals surface area contributed by atoms with E-state index in [1.165, 1.54) is 0 Å². The lowest BCUT2D eigenvalue weighted by atomic mass is 9.88. The van der Waals surface area contributed by atoms with Crippen LogP contribution in [0, 0.1) is 6.92 Å². The first kappa shape index (κ1) is 19.2. The molecule has 25 heavy (non-hydrogen) atoms. The second kappa shape index (κ2) is 8.34. The standard InChI is InChI=1S/C19H28N2O4/c1-4-10-19(11-5-2)17(23)21(18(24)20-19)12-15(22)13-25-16-8-6-14(3)7-9-16/h6-9,15,22H,4-5,10-13H2,1-3H3,(H,20,24). The van der Waals surface area contributed by atoms with Crippen LogP contribution in [-0.2, 0) is 4.79 Å². The highest BCUT2D eigenvalue weighted by molar-refractivity contribution is 6.07. The third-order valence-corrected chi connectivity index (χ3v) is 4.46. The van der Waals surface area contributed by atoms with Gasteiger partial charge in [-0.05, 0) is 31.9 Å². The summed E-state index contributed by atoms with van der Waals surface area (Å²) < 4.78 is 5.53. The van der Waals surface area contributed by atoms with Crippen LogP contribution >= 0.6 is 0 Å². The molecule has 1 aromatic rings. The number of benzene rings is 1. The van der Waals surface area contributed by atoms with E-state index < -0.39 is 17.7 Å². The number of imide groups is 1. The maximum absolute atomic E-state index is 12.8. The molecule has 1 fully saturated rings. The van der Waals surface area contributed by atoms with Crippen LogP contribution in [-0.4, -0.2) is 46.7 Å². The fraction of sp³-hybridized carbons (Fsp3) is 0.579. The number of rotatable bonds is 9. The predicted molar refractivity (Wildman–Crippen MR) is 95.5 cm³/mol. The van der Waals surface area contributed by atoms with Gasteiger partial charge in [0, 0.05) is 0 Å². The molecule has 6 heteroatoms. The van der Waals surface area contributed by atoms with Crippen molar-refractivity contribution in [3.8, 4) is 5.75 Å². The smallest absolute Gasteiger partial charge is 0.325 e. The van der Waals surface area contributed by atoms with Crippen LogP contribution in [0.1, 0.15) is 45.1 Å². The number of aryl methyl sites for hydroxylation is 1. The second-order valence-electron chi connectivity index (χ2n) is 6.71. The number of carbonyl (C=O) groups is 2. The van der Waals surface area contributed by atoms with Gasteiger partial charge in [-0.25, -0.2) is 4.79 Å². The summed E-state index contributed by atoms with van der Waals surface area (Å²) in [7, 11) is 0. The van der Waals surface area contributed by atoms with E-state index in [4.69, 9.17) is 4.74 Å². The molecule has 0 bridgehead atoms. The van der Waals surface area contributed by atoms with Crippen molar-refractivity contribution in [3.63, 3.8) is 0 Å². The van der Waals surface area contributed by atoms with Gasteiger partial charge >= 0.3 is 6.03 Å². The lowest BCUT2D eigenvalue weighted by molar-refractivity contribution is -0.133. The zero-order chi connectivity index (χ0) is 18.4. The van der Waals surface area contributed by atoms with Crippen LogP contribution in [0.25, 0.3) is 0 Å². The molecule has 0 saturated carbocycles. The van der Waals surface area contributed by atoms with E-state index in [-0.39, 0.29) is 19.1 Å². The maximum Gasteiger partial charge on any atom is 0.325 e. The van der Waals surface area contributed by atoms with E-state index in [1.54, 1.807) is 0 Å². The number of urea groups is 1. The van der Waals surface area contributed by atoms with Gasteiger partial charge in [-0.3, -0.25) is 9.69 Å². The molecular formula is C19H28N2O4. The van der Waals surface area contributed by atoms with Crippen molar-refractivity contribution in [2.45, 2.75) is 58.1 Å². The van der Waals surface area contributed by atoms with Crippen molar-refractivity contribution < 1.29 is 19.4 Å². The number of nitrogens with one attached hydrogen (secondary N) is 1. The highest BCUT2D eigenvalue weighted by Crippen LogP contribution is 2.28. The summed E-state index contributed by atoms with van der Waals surface area (Å²) in [6.07, 6.45) is 1.89. The van der Waals surface area contributed by atoms with Crippen molar-refractivity contribution >= 4 is 11.9 Å². The van der Waals surface area contributed by atoms with Crippen LogP contribution in [0.2, 0.25) is 0 Å². The van der Waals surface area contributed by atoms with Gasteiger partial charge in [0.15, 0.2) is 0 Å². The second-order valence-corrected chi connectivity index (χ2v) is 6.71. The normalized spacial score (nSPS) is 17.5. The van der Waals surface area contributed by atoms with Crippen LogP contribution in [0.15, 0.2) is 24.3 Å². The van der Waals surface area contributed by atoms with Crippen molar-refractivity contribution in [1.82, 2.24) is 10.2 Å². The first-order valence-corrected chi connectivity index (χ1v) is 8.93. The Morgan fingerprint density at radius 1 is 1.16 bits per heavy atom. The zero-order valence-electron chi connectivity index (χ0n) is 15.2.